The van der Waals surface area contributed by atoms with Crippen molar-refractivity contribution in [3.8, 4) is 11.4 Å². The molecule has 0 radical (unpaired) electrons. The van der Waals surface area contributed by atoms with E-state index >= 15 is 0 Å². The second-order valence-corrected chi connectivity index (χ2v) is 5.73. The van der Waals surface area contributed by atoms with E-state index in [0.29, 0.717) is 31.8 Å². The zero-order chi connectivity index (χ0) is 16.2. The highest BCUT2D eigenvalue weighted by molar-refractivity contribution is 5.70. The summed E-state index contributed by atoms with van der Waals surface area (Å²) in [7, 11) is 0. The second kappa shape index (κ2) is 6.73. The average molecular weight is 312 g/mol. The van der Waals surface area contributed by atoms with Crippen LogP contribution in [0.3, 0.4) is 0 Å². The number of piperidine rings is 1. The Bertz CT molecular complexity index is 682. The van der Waals surface area contributed by atoms with Gasteiger partial charge in [-0.1, -0.05) is 6.92 Å². The van der Waals surface area contributed by atoms with Gasteiger partial charge < -0.3 is 10.0 Å². The first-order valence-electron chi connectivity index (χ1n) is 7.93. The number of aliphatic carboxylic acids is 1. The highest BCUT2D eigenvalue weighted by Crippen LogP contribution is 2.25. The summed E-state index contributed by atoms with van der Waals surface area (Å²) >= 11 is 0. The van der Waals surface area contributed by atoms with Crippen LogP contribution in [0.15, 0.2) is 30.6 Å². The van der Waals surface area contributed by atoms with Gasteiger partial charge in [0.05, 0.1) is 5.92 Å². The molecule has 0 bridgehead atoms. The minimum absolute atomic E-state index is 0.238. The van der Waals surface area contributed by atoms with Crippen molar-refractivity contribution in [1.29, 1.82) is 0 Å². The van der Waals surface area contributed by atoms with Crippen molar-refractivity contribution in [1.82, 2.24) is 15.0 Å². The Morgan fingerprint density at radius 3 is 2.57 bits per heavy atom. The van der Waals surface area contributed by atoms with E-state index in [9.17, 15) is 4.79 Å². The minimum Gasteiger partial charge on any atom is -0.481 e. The van der Waals surface area contributed by atoms with Gasteiger partial charge in [0.25, 0.3) is 0 Å². The van der Waals surface area contributed by atoms with Gasteiger partial charge in [0.1, 0.15) is 5.82 Å². The first-order chi connectivity index (χ1) is 11.2. The smallest absolute Gasteiger partial charge is 0.306 e. The van der Waals surface area contributed by atoms with E-state index in [0.717, 1.165) is 23.5 Å². The van der Waals surface area contributed by atoms with E-state index in [-0.39, 0.29) is 5.92 Å². The van der Waals surface area contributed by atoms with Crippen molar-refractivity contribution >= 4 is 11.8 Å². The lowest BCUT2D eigenvalue weighted by molar-refractivity contribution is -0.142. The normalized spacial score (nSPS) is 15.6. The van der Waals surface area contributed by atoms with E-state index in [1.165, 1.54) is 0 Å². The van der Waals surface area contributed by atoms with Crippen LogP contribution in [-0.4, -0.2) is 39.1 Å². The molecule has 3 rings (SSSR count). The number of pyridine rings is 1. The maximum absolute atomic E-state index is 11.1. The van der Waals surface area contributed by atoms with Gasteiger partial charge in [-0.2, -0.15) is 0 Å². The molecule has 1 aliphatic heterocycles. The highest BCUT2D eigenvalue weighted by Gasteiger charge is 2.25. The Morgan fingerprint density at radius 1 is 1.26 bits per heavy atom. The molecule has 2 aromatic heterocycles. The first-order valence-corrected chi connectivity index (χ1v) is 7.93. The largest absolute Gasteiger partial charge is 0.481 e. The van der Waals surface area contributed by atoms with E-state index < -0.39 is 5.97 Å². The summed E-state index contributed by atoms with van der Waals surface area (Å²) in [6, 6.07) is 5.80. The molecule has 6 nitrogen and oxygen atoms in total. The number of hydrogen-bond acceptors (Lipinski definition) is 5. The Kier molecular flexibility index (Phi) is 4.50. The summed E-state index contributed by atoms with van der Waals surface area (Å²) in [5.41, 5.74) is 1.93. The Hall–Kier alpha value is -2.50. The molecule has 1 N–H and O–H groups in total. The fourth-order valence-electron chi connectivity index (χ4n) is 2.81. The van der Waals surface area contributed by atoms with Crippen LogP contribution < -0.4 is 4.90 Å². The van der Waals surface area contributed by atoms with Crippen LogP contribution in [0.5, 0.6) is 0 Å². The van der Waals surface area contributed by atoms with Crippen LogP contribution in [0.25, 0.3) is 11.4 Å². The summed E-state index contributed by atoms with van der Waals surface area (Å²) in [5.74, 6) is 0.645. The summed E-state index contributed by atoms with van der Waals surface area (Å²) in [5, 5.41) is 9.12. The molecular weight excluding hydrogens is 292 g/mol. The predicted molar refractivity (Wildman–Crippen MR) is 87.2 cm³/mol. The Labute approximate surface area is 135 Å². The minimum atomic E-state index is -0.695. The number of carbonyl (C=O) groups is 1. The van der Waals surface area contributed by atoms with Crippen molar-refractivity contribution in [2.75, 3.05) is 18.0 Å². The van der Waals surface area contributed by atoms with Crippen LogP contribution >= 0.6 is 0 Å². The Balaban J connectivity index is 1.87. The van der Waals surface area contributed by atoms with Crippen molar-refractivity contribution in [3.05, 3.63) is 36.3 Å². The molecule has 3 heterocycles. The number of carboxylic acids is 1. The lowest BCUT2D eigenvalue weighted by Gasteiger charge is -2.31. The fraction of sp³-hybridized carbons (Fsp3) is 0.412. The quantitative estimate of drug-likeness (QED) is 0.934. The summed E-state index contributed by atoms with van der Waals surface area (Å²) in [4.78, 5) is 26.6. The second-order valence-electron chi connectivity index (χ2n) is 5.73. The standard InChI is InChI=1S/C17H20N4O2/c1-2-14-11-15(21-9-5-13(6-10-21)17(22)23)20-16(19-14)12-3-7-18-8-4-12/h3-4,7-8,11,13H,2,5-6,9-10H2,1H3,(H,22,23). The number of hydrogen-bond donors (Lipinski definition) is 1. The van der Waals surface area contributed by atoms with Crippen LogP contribution in [0.1, 0.15) is 25.5 Å². The number of nitrogens with zero attached hydrogens (tertiary/aromatic N) is 4. The third kappa shape index (κ3) is 3.47. The van der Waals surface area contributed by atoms with E-state index in [4.69, 9.17) is 5.11 Å². The molecule has 2 aromatic rings. The van der Waals surface area contributed by atoms with Crippen LogP contribution in [0, 0.1) is 5.92 Å². The molecule has 23 heavy (non-hydrogen) atoms. The zero-order valence-corrected chi connectivity index (χ0v) is 13.1. The molecule has 1 saturated heterocycles. The lowest BCUT2D eigenvalue weighted by Crippen LogP contribution is -2.37. The molecule has 0 spiro atoms. The maximum atomic E-state index is 11.1. The molecule has 0 atom stereocenters. The van der Waals surface area contributed by atoms with Gasteiger partial charge in [0, 0.05) is 42.8 Å². The number of carboxylic acid groups (broad SMARTS) is 1. The van der Waals surface area contributed by atoms with Crippen molar-refractivity contribution in [3.63, 3.8) is 0 Å². The molecule has 0 aromatic carbocycles. The lowest BCUT2D eigenvalue weighted by atomic mass is 9.97. The van der Waals surface area contributed by atoms with Crippen LogP contribution in [0.2, 0.25) is 0 Å². The van der Waals surface area contributed by atoms with Gasteiger partial charge >= 0.3 is 5.97 Å². The van der Waals surface area contributed by atoms with Gasteiger partial charge in [0.2, 0.25) is 0 Å². The fourth-order valence-corrected chi connectivity index (χ4v) is 2.81. The van der Waals surface area contributed by atoms with Crippen LogP contribution in [-0.2, 0) is 11.2 Å². The van der Waals surface area contributed by atoms with E-state index in [2.05, 4.69) is 26.8 Å². The third-order valence-corrected chi connectivity index (χ3v) is 4.23. The third-order valence-electron chi connectivity index (χ3n) is 4.23. The zero-order valence-electron chi connectivity index (χ0n) is 13.1. The maximum Gasteiger partial charge on any atom is 0.306 e. The number of anilines is 1. The van der Waals surface area contributed by atoms with Crippen LogP contribution in [0.4, 0.5) is 5.82 Å². The molecule has 120 valence electrons. The van der Waals surface area contributed by atoms with Crippen molar-refractivity contribution < 1.29 is 9.90 Å². The van der Waals surface area contributed by atoms with E-state index in [1.807, 2.05) is 18.2 Å². The van der Waals surface area contributed by atoms with Gasteiger partial charge in [-0.05, 0) is 31.4 Å². The van der Waals surface area contributed by atoms with Gasteiger partial charge in [-0.15, -0.1) is 0 Å². The molecule has 0 unspecified atom stereocenters. The molecule has 0 saturated carbocycles. The number of aromatic nitrogens is 3. The van der Waals surface area contributed by atoms with E-state index in [1.54, 1.807) is 12.4 Å². The monoisotopic (exact) mass is 312 g/mol. The average Bonchev–Trinajstić information content (AvgIpc) is 2.62. The molecule has 6 heteroatoms. The van der Waals surface area contributed by atoms with Crippen molar-refractivity contribution in [2.24, 2.45) is 5.92 Å². The molecule has 1 aliphatic rings. The number of rotatable bonds is 4. The van der Waals surface area contributed by atoms with Gasteiger partial charge in [-0.3, -0.25) is 9.78 Å². The SMILES string of the molecule is CCc1cc(N2CCC(C(=O)O)CC2)nc(-c2ccncc2)n1. The molecule has 0 amide bonds. The van der Waals surface area contributed by atoms with Crippen molar-refractivity contribution in [2.45, 2.75) is 26.2 Å². The van der Waals surface area contributed by atoms with Gasteiger partial charge in [0.15, 0.2) is 5.82 Å². The first kappa shape index (κ1) is 15.4. The van der Waals surface area contributed by atoms with Gasteiger partial charge in [-0.25, -0.2) is 9.97 Å². The molecular formula is C17H20N4O2. The summed E-state index contributed by atoms with van der Waals surface area (Å²) in [6.45, 7) is 3.50. The number of aryl methyl sites for hydroxylation is 1. The Morgan fingerprint density at radius 2 is 1.96 bits per heavy atom. The summed E-state index contributed by atoms with van der Waals surface area (Å²) < 4.78 is 0. The molecule has 0 aliphatic carbocycles. The molecule has 1 fully saturated rings. The predicted octanol–water partition coefficient (Wildman–Crippen LogP) is 2.40. The highest BCUT2D eigenvalue weighted by atomic mass is 16.4. The topological polar surface area (TPSA) is 79.2 Å². The summed E-state index contributed by atoms with van der Waals surface area (Å²) in [6.07, 6.45) is 5.61.